The van der Waals surface area contributed by atoms with Gasteiger partial charge in [0.2, 0.25) is 17.7 Å². The van der Waals surface area contributed by atoms with Crippen molar-refractivity contribution in [3.8, 4) is 12.3 Å². The Morgan fingerprint density at radius 2 is 1.92 bits per heavy atom. The molecule has 0 aliphatic heterocycles. The van der Waals surface area contributed by atoms with Gasteiger partial charge in [-0.3, -0.25) is 19.8 Å². The highest BCUT2D eigenvalue weighted by molar-refractivity contribution is 5.92. The van der Waals surface area contributed by atoms with Gasteiger partial charge in [-0.2, -0.15) is 4.91 Å². The lowest BCUT2D eigenvalue weighted by molar-refractivity contribution is -0.144. The molecule has 13 nitrogen and oxygen atoms in total. The van der Waals surface area contributed by atoms with Gasteiger partial charge in [0.05, 0.1) is 19.1 Å². The van der Waals surface area contributed by atoms with Crippen LogP contribution in [0.4, 0.5) is 0 Å². The Bertz CT molecular complexity index is 974. The molecule has 1 rings (SSSR count). The summed E-state index contributed by atoms with van der Waals surface area (Å²) in [4.78, 5) is 53.4. The number of hydrogen-bond acceptors (Lipinski definition) is 6. The summed E-state index contributed by atoms with van der Waals surface area (Å²) in [6, 6.07) is 5.75. The lowest BCUT2D eigenvalue weighted by Gasteiger charge is -2.29. The number of terminal acetylenes is 1. The maximum absolute atomic E-state index is 13.1. The smallest absolute Gasteiger partial charge is 0.326 e. The zero-order valence-corrected chi connectivity index (χ0v) is 20.1. The number of carbonyl (C=O) groups is 4. The number of carbonyl (C=O) groups excluding carboxylic acids is 3. The van der Waals surface area contributed by atoms with Gasteiger partial charge in [0.25, 0.3) is 0 Å². The quantitative estimate of drug-likeness (QED) is 0.0527. The summed E-state index contributed by atoms with van der Waals surface area (Å²) in [6.07, 6.45) is 6.37. The number of azide groups is 1. The number of nitrogens with two attached hydrogens (primary N) is 1. The van der Waals surface area contributed by atoms with Crippen molar-refractivity contribution >= 4 is 23.7 Å². The van der Waals surface area contributed by atoms with Crippen molar-refractivity contribution in [2.24, 2.45) is 11.0 Å². The van der Waals surface area contributed by atoms with E-state index in [4.69, 9.17) is 17.7 Å². The second-order valence-corrected chi connectivity index (χ2v) is 7.94. The molecular formula is C23H32N8O5. The fourth-order valence-electron chi connectivity index (χ4n) is 3.21. The average Bonchev–Trinajstić information content (AvgIpc) is 2.86. The number of carboxylic acid groups (broad SMARTS) is 1. The number of nitrogens with zero attached hydrogens (tertiary/aromatic N) is 4. The normalized spacial score (nSPS) is 12.6. The number of nitrogens with one attached hydrogen (secondary N) is 3. The van der Waals surface area contributed by atoms with E-state index in [0.29, 0.717) is 19.4 Å². The molecule has 13 heteroatoms. The van der Waals surface area contributed by atoms with Gasteiger partial charge in [-0.1, -0.05) is 30.3 Å². The first kappa shape index (κ1) is 29.8. The van der Waals surface area contributed by atoms with Crippen LogP contribution in [0.2, 0.25) is 0 Å². The number of rotatable bonds is 16. The number of likely N-dealkylation sites (N-methyl/N-ethyl adjacent to an activating group) is 1. The lowest BCUT2D eigenvalue weighted by atomic mass is 10.0. The summed E-state index contributed by atoms with van der Waals surface area (Å²) in [6.45, 7) is -0.0539. The Morgan fingerprint density at radius 3 is 2.53 bits per heavy atom. The summed E-state index contributed by atoms with van der Waals surface area (Å²) in [5.74, 6) is -0.757. The Balaban J connectivity index is 2.89. The standard InChI is InChI=1S/C23H32N8O5/c1-3-9-17(24)21(33)26-15-20(32)31(2)19(14-16-10-5-4-6-11-16)22(34)28-18(23(35)36)12-7-8-13-27-30-29-25/h1,4-6,10-11,17-19,27H,7-9,12-15,24H2,2H3,(H,26,33)(H,28,34)(H,35,36)/t17-,18-,19+/m1/s1. The highest BCUT2D eigenvalue weighted by Gasteiger charge is 2.30. The van der Waals surface area contributed by atoms with E-state index in [1.54, 1.807) is 30.3 Å². The zero-order chi connectivity index (χ0) is 26.9. The van der Waals surface area contributed by atoms with Crippen molar-refractivity contribution < 1.29 is 24.3 Å². The molecular weight excluding hydrogens is 468 g/mol. The first-order valence-corrected chi connectivity index (χ1v) is 11.3. The predicted octanol–water partition coefficient (Wildman–Crippen LogP) is 0.0775. The number of amides is 3. The van der Waals surface area contributed by atoms with Gasteiger partial charge in [0.15, 0.2) is 0 Å². The minimum atomic E-state index is -1.21. The number of hydrogen-bond donors (Lipinski definition) is 5. The van der Waals surface area contributed by atoms with Crippen LogP contribution in [0.1, 0.15) is 31.2 Å². The summed E-state index contributed by atoms with van der Waals surface area (Å²) >= 11 is 0. The molecule has 0 bridgehead atoms. The van der Waals surface area contributed by atoms with Gasteiger partial charge < -0.3 is 26.4 Å². The molecule has 36 heavy (non-hydrogen) atoms. The van der Waals surface area contributed by atoms with Gasteiger partial charge >= 0.3 is 5.97 Å². The Kier molecular flexibility index (Phi) is 13.5. The van der Waals surface area contributed by atoms with Crippen LogP contribution in [0.3, 0.4) is 0 Å². The molecule has 0 aromatic heterocycles. The fourth-order valence-corrected chi connectivity index (χ4v) is 3.21. The van der Waals surface area contributed by atoms with Crippen molar-refractivity contribution in [2.75, 3.05) is 20.1 Å². The molecule has 0 spiro atoms. The van der Waals surface area contributed by atoms with Crippen LogP contribution in [0, 0.1) is 12.3 Å². The molecule has 194 valence electrons. The zero-order valence-electron chi connectivity index (χ0n) is 20.1. The van der Waals surface area contributed by atoms with Crippen LogP contribution in [0.15, 0.2) is 35.6 Å². The van der Waals surface area contributed by atoms with E-state index in [1.165, 1.54) is 7.05 Å². The molecule has 0 saturated carbocycles. The van der Waals surface area contributed by atoms with Gasteiger partial charge in [0, 0.05) is 19.9 Å². The molecule has 0 radical (unpaired) electrons. The minimum Gasteiger partial charge on any atom is -0.480 e. The van der Waals surface area contributed by atoms with E-state index in [-0.39, 0.29) is 19.3 Å². The maximum atomic E-state index is 13.1. The van der Waals surface area contributed by atoms with Crippen LogP contribution >= 0.6 is 0 Å². The molecule has 1 aromatic carbocycles. The minimum absolute atomic E-state index is 0.00702. The maximum Gasteiger partial charge on any atom is 0.326 e. The SMILES string of the molecule is C#CC[C@@H](N)C(=O)NCC(=O)N(C)[C@@H](Cc1ccccc1)C(=O)N[C@H](CCCCNN=[N+]=[N-])C(=O)O. The molecule has 1 aromatic rings. The Labute approximate surface area is 209 Å². The Hall–Kier alpha value is -4.27. The van der Waals surface area contributed by atoms with Crippen molar-refractivity contribution in [1.29, 1.82) is 0 Å². The van der Waals surface area contributed by atoms with Crippen LogP contribution in [-0.4, -0.2) is 72.0 Å². The number of benzene rings is 1. The highest BCUT2D eigenvalue weighted by Crippen LogP contribution is 2.10. The summed E-state index contributed by atoms with van der Waals surface area (Å²) < 4.78 is 0. The third kappa shape index (κ3) is 10.8. The van der Waals surface area contributed by atoms with E-state index >= 15 is 0 Å². The van der Waals surface area contributed by atoms with Gasteiger partial charge in [0.1, 0.15) is 12.1 Å². The second-order valence-electron chi connectivity index (χ2n) is 7.94. The van der Waals surface area contributed by atoms with Gasteiger partial charge in [-0.05, 0) is 30.0 Å². The van der Waals surface area contributed by atoms with Crippen LogP contribution in [0.25, 0.3) is 10.4 Å². The van der Waals surface area contributed by atoms with E-state index in [2.05, 4.69) is 32.1 Å². The van der Waals surface area contributed by atoms with Crippen LogP contribution in [0.5, 0.6) is 0 Å². The van der Waals surface area contributed by atoms with Gasteiger partial charge in [-0.25, -0.2) is 4.79 Å². The number of unbranched alkanes of at least 4 members (excludes halogenated alkanes) is 1. The van der Waals surface area contributed by atoms with E-state index in [1.807, 2.05) is 0 Å². The number of carboxylic acids is 1. The molecule has 3 amide bonds. The number of aliphatic carboxylic acids is 1. The largest absolute Gasteiger partial charge is 0.480 e. The van der Waals surface area contributed by atoms with Gasteiger partial charge in [-0.15, -0.1) is 17.9 Å². The monoisotopic (exact) mass is 500 g/mol. The fraction of sp³-hybridized carbons (Fsp3) is 0.478. The topological polar surface area (TPSA) is 203 Å². The molecule has 0 unspecified atom stereocenters. The summed E-state index contributed by atoms with van der Waals surface area (Å²) in [7, 11) is 1.40. The first-order chi connectivity index (χ1) is 17.2. The van der Waals surface area contributed by atoms with Crippen LogP contribution in [-0.2, 0) is 25.6 Å². The summed E-state index contributed by atoms with van der Waals surface area (Å²) in [5.41, 5.74) is 17.1. The highest BCUT2D eigenvalue weighted by atomic mass is 16.4. The van der Waals surface area contributed by atoms with Crippen LogP contribution < -0.4 is 21.8 Å². The molecule has 0 heterocycles. The average molecular weight is 501 g/mol. The first-order valence-electron chi connectivity index (χ1n) is 11.3. The second kappa shape index (κ2) is 16.4. The van der Waals surface area contributed by atoms with Crippen molar-refractivity contribution in [3.63, 3.8) is 0 Å². The third-order valence-electron chi connectivity index (χ3n) is 5.29. The predicted molar refractivity (Wildman–Crippen MR) is 132 cm³/mol. The van der Waals surface area contributed by atoms with Crippen molar-refractivity contribution in [1.82, 2.24) is 21.0 Å². The van der Waals surface area contributed by atoms with Crippen molar-refractivity contribution in [2.45, 2.75) is 50.2 Å². The molecule has 0 saturated heterocycles. The molecule has 6 N–H and O–H groups in total. The van der Waals surface area contributed by atoms with Crippen molar-refractivity contribution in [3.05, 3.63) is 46.3 Å². The molecule has 0 aliphatic carbocycles. The molecule has 3 atom stereocenters. The van der Waals surface area contributed by atoms with E-state index in [9.17, 15) is 24.3 Å². The molecule has 0 fully saturated rings. The van der Waals surface area contributed by atoms with E-state index in [0.717, 1.165) is 10.5 Å². The third-order valence-corrected chi connectivity index (χ3v) is 5.29. The Morgan fingerprint density at radius 1 is 1.22 bits per heavy atom. The van der Waals surface area contributed by atoms with E-state index < -0.39 is 48.4 Å². The summed E-state index contributed by atoms with van der Waals surface area (Å²) in [5, 5.41) is 17.7. The lowest BCUT2D eigenvalue weighted by Crippen LogP contribution is -2.55. The molecule has 0 aliphatic rings.